The van der Waals surface area contributed by atoms with Gasteiger partial charge in [0.25, 0.3) is 0 Å². The number of carboxylic acid groups (broad SMARTS) is 1. The molecule has 1 aromatic heterocycles. The normalized spacial score (nSPS) is 13.4. The molecule has 1 heterocycles. The molecule has 0 bridgehead atoms. The first-order chi connectivity index (χ1) is 14.4. The second-order valence-electron chi connectivity index (χ2n) is 7.17. The molecule has 1 atom stereocenters. The fourth-order valence-electron chi connectivity index (χ4n) is 3.83. The number of benzene rings is 2. The van der Waals surface area contributed by atoms with Gasteiger partial charge in [0.15, 0.2) is 0 Å². The Morgan fingerprint density at radius 2 is 1.73 bits per heavy atom. The molecule has 0 radical (unpaired) electrons. The van der Waals surface area contributed by atoms with Crippen LogP contribution in [0, 0.1) is 6.92 Å². The van der Waals surface area contributed by atoms with E-state index in [1.807, 2.05) is 37.3 Å². The fourth-order valence-corrected chi connectivity index (χ4v) is 5.45. The van der Waals surface area contributed by atoms with Crippen LogP contribution < -0.4 is 5.32 Å². The van der Waals surface area contributed by atoms with Gasteiger partial charge in [-0.3, -0.25) is 4.79 Å². The number of nitrogens with one attached hydrogen (secondary N) is 1. The molecule has 1 amide bonds. The summed E-state index contributed by atoms with van der Waals surface area (Å²) in [7, 11) is 0. The third-order valence-electron chi connectivity index (χ3n) is 5.23. The van der Waals surface area contributed by atoms with Gasteiger partial charge in [-0.25, -0.2) is 4.79 Å². The average molecular weight is 486 g/mol. The Hall–Kier alpha value is -2.64. The molecule has 2 aromatic carbocycles. The molecule has 3 aromatic rings. The van der Waals surface area contributed by atoms with Crippen LogP contribution in [0.4, 0.5) is 4.79 Å². The lowest BCUT2D eigenvalue weighted by Crippen LogP contribution is -2.31. The van der Waals surface area contributed by atoms with Gasteiger partial charge in [0.2, 0.25) is 0 Å². The molecule has 0 spiro atoms. The highest BCUT2D eigenvalue weighted by molar-refractivity contribution is 9.10. The molecule has 1 aliphatic rings. The number of ether oxygens (including phenoxy) is 1. The lowest BCUT2D eigenvalue weighted by Gasteiger charge is -2.18. The summed E-state index contributed by atoms with van der Waals surface area (Å²) in [4.78, 5) is 25.6. The first-order valence-corrected chi connectivity index (χ1v) is 11.1. The minimum Gasteiger partial charge on any atom is -0.481 e. The molecule has 30 heavy (non-hydrogen) atoms. The molecule has 0 fully saturated rings. The molecule has 154 valence electrons. The summed E-state index contributed by atoms with van der Waals surface area (Å²) in [6.45, 7) is 2.12. The SMILES string of the molecule is Cc1sc([C@@H](CC(=O)O)NC(=O)OCC2c3ccccc3-c3ccccc32)cc1Br. The number of fused-ring (bicyclic) bond motifs is 3. The Balaban J connectivity index is 1.48. The van der Waals surface area contributed by atoms with Crippen molar-refractivity contribution in [3.8, 4) is 11.1 Å². The Morgan fingerprint density at radius 3 is 2.27 bits per heavy atom. The zero-order valence-corrected chi connectivity index (χ0v) is 18.6. The average Bonchev–Trinajstić information content (AvgIpc) is 3.23. The summed E-state index contributed by atoms with van der Waals surface area (Å²) in [6.07, 6.45) is -0.832. The minimum absolute atomic E-state index is 0.0424. The smallest absolute Gasteiger partial charge is 0.407 e. The van der Waals surface area contributed by atoms with Crippen LogP contribution in [0.5, 0.6) is 0 Å². The van der Waals surface area contributed by atoms with E-state index < -0.39 is 18.1 Å². The number of aryl methyl sites for hydroxylation is 1. The Bertz CT molecular complexity index is 1050. The van der Waals surface area contributed by atoms with Crippen molar-refractivity contribution in [1.29, 1.82) is 0 Å². The van der Waals surface area contributed by atoms with Crippen LogP contribution in [-0.4, -0.2) is 23.8 Å². The Kier molecular flexibility index (Phi) is 5.92. The number of aliphatic carboxylic acids is 1. The van der Waals surface area contributed by atoms with Crippen LogP contribution in [-0.2, 0) is 9.53 Å². The van der Waals surface area contributed by atoms with E-state index in [0.29, 0.717) is 0 Å². The van der Waals surface area contributed by atoms with E-state index in [0.717, 1.165) is 36.5 Å². The quantitative estimate of drug-likeness (QED) is 0.457. The summed E-state index contributed by atoms with van der Waals surface area (Å²) in [6, 6.07) is 17.4. The second-order valence-corrected chi connectivity index (χ2v) is 9.32. The van der Waals surface area contributed by atoms with Crippen molar-refractivity contribution < 1.29 is 19.4 Å². The van der Waals surface area contributed by atoms with Gasteiger partial charge in [0.05, 0.1) is 12.5 Å². The van der Waals surface area contributed by atoms with E-state index in [2.05, 4.69) is 45.5 Å². The summed E-state index contributed by atoms with van der Waals surface area (Å²) in [5, 5.41) is 12.0. The van der Waals surface area contributed by atoms with Crippen LogP contribution >= 0.6 is 27.3 Å². The molecular weight excluding hydrogens is 466 g/mol. The fraction of sp³-hybridized carbons (Fsp3) is 0.217. The molecule has 0 saturated heterocycles. The number of hydrogen-bond donors (Lipinski definition) is 2. The first kappa shape index (κ1) is 20.6. The molecule has 0 aliphatic heterocycles. The van der Waals surface area contributed by atoms with Crippen LogP contribution in [0.2, 0.25) is 0 Å². The standard InChI is InChI=1S/C23H20BrNO4S/c1-13-19(24)10-21(30-13)20(11-22(26)27)25-23(28)29-12-18-16-8-4-2-6-14(16)15-7-3-5-9-17(15)18/h2-10,18,20H,11-12H2,1H3,(H,25,28)(H,26,27)/t20-/m1/s1. The first-order valence-electron chi connectivity index (χ1n) is 9.53. The molecule has 0 saturated carbocycles. The number of thiophene rings is 1. The minimum atomic E-state index is -0.985. The van der Waals surface area contributed by atoms with E-state index in [-0.39, 0.29) is 18.9 Å². The lowest BCUT2D eigenvalue weighted by atomic mass is 9.98. The van der Waals surface area contributed by atoms with Crippen molar-refractivity contribution in [2.45, 2.75) is 25.3 Å². The summed E-state index contributed by atoms with van der Waals surface area (Å²) >= 11 is 4.89. The largest absolute Gasteiger partial charge is 0.481 e. The van der Waals surface area contributed by atoms with Crippen LogP contribution in [0.25, 0.3) is 11.1 Å². The molecule has 0 unspecified atom stereocenters. The van der Waals surface area contributed by atoms with E-state index in [9.17, 15) is 14.7 Å². The molecule has 1 aliphatic carbocycles. The Morgan fingerprint density at radius 1 is 1.13 bits per heavy atom. The molecule has 5 nitrogen and oxygen atoms in total. The van der Waals surface area contributed by atoms with Gasteiger partial charge in [-0.05, 0) is 51.2 Å². The summed E-state index contributed by atoms with van der Waals surface area (Å²) in [5.41, 5.74) is 4.58. The van der Waals surface area contributed by atoms with Crippen molar-refractivity contribution in [1.82, 2.24) is 5.32 Å². The van der Waals surface area contributed by atoms with E-state index >= 15 is 0 Å². The van der Waals surface area contributed by atoms with E-state index in [1.54, 1.807) is 0 Å². The predicted molar refractivity (Wildman–Crippen MR) is 120 cm³/mol. The summed E-state index contributed by atoms with van der Waals surface area (Å²) < 4.78 is 6.46. The van der Waals surface area contributed by atoms with E-state index in [1.165, 1.54) is 11.3 Å². The number of hydrogen-bond acceptors (Lipinski definition) is 4. The molecular formula is C23H20BrNO4S. The lowest BCUT2D eigenvalue weighted by molar-refractivity contribution is -0.137. The second kappa shape index (κ2) is 8.62. The number of carboxylic acids is 1. The molecule has 4 rings (SSSR count). The van der Waals surface area contributed by atoms with Crippen molar-refractivity contribution >= 4 is 39.3 Å². The van der Waals surface area contributed by atoms with Crippen molar-refractivity contribution in [2.75, 3.05) is 6.61 Å². The van der Waals surface area contributed by atoms with Crippen LogP contribution in [0.15, 0.2) is 59.1 Å². The Labute approximate surface area is 186 Å². The predicted octanol–water partition coefficient (Wildman–Crippen LogP) is 5.87. The number of halogens is 1. The van der Waals surface area contributed by atoms with Crippen LogP contribution in [0.3, 0.4) is 0 Å². The highest BCUT2D eigenvalue weighted by Gasteiger charge is 2.29. The van der Waals surface area contributed by atoms with Crippen LogP contribution in [0.1, 0.15) is 39.3 Å². The number of carbonyl (C=O) groups is 2. The molecule has 2 N–H and O–H groups in total. The van der Waals surface area contributed by atoms with Gasteiger partial charge in [0.1, 0.15) is 6.61 Å². The van der Waals surface area contributed by atoms with Gasteiger partial charge in [-0.15, -0.1) is 11.3 Å². The zero-order chi connectivity index (χ0) is 21.3. The summed E-state index contributed by atoms with van der Waals surface area (Å²) in [5.74, 6) is -1.03. The van der Waals surface area contributed by atoms with Gasteiger partial charge in [-0.1, -0.05) is 48.5 Å². The van der Waals surface area contributed by atoms with Gasteiger partial charge >= 0.3 is 12.1 Å². The number of rotatable bonds is 6. The van der Waals surface area contributed by atoms with Gasteiger partial charge in [-0.2, -0.15) is 0 Å². The highest BCUT2D eigenvalue weighted by Crippen LogP contribution is 2.44. The maximum absolute atomic E-state index is 12.5. The maximum atomic E-state index is 12.5. The zero-order valence-electron chi connectivity index (χ0n) is 16.2. The topological polar surface area (TPSA) is 75.6 Å². The number of carbonyl (C=O) groups excluding carboxylic acids is 1. The monoisotopic (exact) mass is 485 g/mol. The third-order valence-corrected chi connectivity index (χ3v) is 7.48. The van der Waals surface area contributed by atoms with Gasteiger partial charge in [0, 0.05) is 20.1 Å². The van der Waals surface area contributed by atoms with Crippen molar-refractivity contribution in [3.05, 3.63) is 80.0 Å². The highest BCUT2D eigenvalue weighted by atomic mass is 79.9. The molecule has 7 heteroatoms. The number of alkyl carbamates (subject to hydrolysis) is 1. The third kappa shape index (κ3) is 4.13. The maximum Gasteiger partial charge on any atom is 0.407 e. The van der Waals surface area contributed by atoms with Crippen molar-refractivity contribution in [3.63, 3.8) is 0 Å². The van der Waals surface area contributed by atoms with Crippen molar-refractivity contribution in [2.24, 2.45) is 0 Å². The number of amides is 1. The van der Waals surface area contributed by atoms with Gasteiger partial charge < -0.3 is 15.2 Å². The van der Waals surface area contributed by atoms with E-state index in [4.69, 9.17) is 4.74 Å².